The first-order valence-corrected chi connectivity index (χ1v) is 8.17. The lowest BCUT2D eigenvalue weighted by atomic mass is 10.0. The molecule has 122 valence electrons. The van der Waals surface area contributed by atoms with Gasteiger partial charge in [0.05, 0.1) is 0 Å². The monoisotopic (exact) mass is 310 g/mol. The van der Waals surface area contributed by atoms with Crippen molar-refractivity contribution in [2.45, 2.75) is 40.0 Å². The number of hydrogen-bond acceptors (Lipinski definition) is 2. The molecule has 3 nitrogen and oxygen atoms in total. The number of benzene rings is 2. The van der Waals surface area contributed by atoms with Crippen molar-refractivity contribution in [2.75, 3.05) is 17.2 Å². The van der Waals surface area contributed by atoms with Crippen LogP contribution in [0.5, 0.6) is 0 Å². The first-order chi connectivity index (χ1) is 11.0. The number of nitrogens with one attached hydrogen (secondary N) is 2. The van der Waals surface area contributed by atoms with Crippen molar-refractivity contribution in [2.24, 2.45) is 0 Å². The molecule has 2 aromatic rings. The van der Waals surface area contributed by atoms with Crippen LogP contribution in [0.2, 0.25) is 0 Å². The van der Waals surface area contributed by atoms with Gasteiger partial charge in [-0.25, -0.2) is 0 Å². The van der Waals surface area contributed by atoms with E-state index >= 15 is 0 Å². The number of carbonyl (C=O) groups excluding carboxylic acids is 1. The highest BCUT2D eigenvalue weighted by Gasteiger charge is 2.07. The topological polar surface area (TPSA) is 41.1 Å². The summed E-state index contributed by atoms with van der Waals surface area (Å²) in [4.78, 5) is 12.1. The average molecular weight is 310 g/mol. The molecule has 0 fully saturated rings. The molecule has 0 bridgehead atoms. The smallest absolute Gasteiger partial charge is 0.226 e. The van der Waals surface area contributed by atoms with Crippen LogP contribution in [0.15, 0.2) is 42.5 Å². The van der Waals surface area contributed by atoms with E-state index in [2.05, 4.69) is 50.5 Å². The summed E-state index contributed by atoms with van der Waals surface area (Å²) in [5.74, 6) is 0.492. The minimum Gasteiger partial charge on any atom is -0.384 e. The van der Waals surface area contributed by atoms with Gasteiger partial charge in [0.25, 0.3) is 0 Å². The van der Waals surface area contributed by atoms with Crippen molar-refractivity contribution in [3.63, 3.8) is 0 Å². The Morgan fingerprint density at radius 1 is 1.04 bits per heavy atom. The standard InChI is InChI=1S/C20H26N2O/c1-14(2)18-7-5-6-8-19(18)21-12-11-20(23)22-17-10-9-15(3)16(4)13-17/h5-10,13-14,21H,11-12H2,1-4H3,(H,22,23). The van der Waals surface area contributed by atoms with Gasteiger partial charge in [0.2, 0.25) is 5.91 Å². The van der Waals surface area contributed by atoms with E-state index < -0.39 is 0 Å². The van der Waals surface area contributed by atoms with Crippen LogP contribution in [-0.4, -0.2) is 12.5 Å². The Labute approximate surface area is 139 Å². The zero-order valence-corrected chi connectivity index (χ0v) is 14.4. The minimum atomic E-state index is 0.0304. The Morgan fingerprint density at radius 2 is 1.78 bits per heavy atom. The van der Waals surface area contributed by atoms with Crippen molar-refractivity contribution in [3.05, 3.63) is 59.2 Å². The summed E-state index contributed by atoms with van der Waals surface area (Å²) in [6.45, 7) is 9.09. The Hall–Kier alpha value is -2.29. The second-order valence-electron chi connectivity index (χ2n) is 6.27. The third kappa shape index (κ3) is 4.85. The quantitative estimate of drug-likeness (QED) is 0.799. The van der Waals surface area contributed by atoms with E-state index in [-0.39, 0.29) is 5.91 Å². The van der Waals surface area contributed by atoms with Crippen LogP contribution in [0.1, 0.15) is 42.9 Å². The molecule has 0 aromatic heterocycles. The summed E-state index contributed by atoms with van der Waals surface area (Å²) in [7, 11) is 0. The Balaban J connectivity index is 1.86. The number of para-hydroxylation sites is 1. The molecule has 0 radical (unpaired) electrons. The largest absolute Gasteiger partial charge is 0.384 e. The summed E-state index contributed by atoms with van der Waals surface area (Å²) in [5, 5.41) is 6.33. The van der Waals surface area contributed by atoms with Crippen LogP contribution < -0.4 is 10.6 Å². The molecule has 0 unspecified atom stereocenters. The highest BCUT2D eigenvalue weighted by molar-refractivity contribution is 5.91. The molecule has 23 heavy (non-hydrogen) atoms. The maximum atomic E-state index is 12.1. The van der Waals surface area contributed by atoms with Crippen LogP contribution >= 0.6 is 0 Å². The molecule has 2 rings (SSSR count). The first-order valence-electron chi connectivity index (χ1n) is 8.17. The van der Waals surface area contributed by atoms with Gasteiger partial charge in [0.1, 0.15) is 0 Å². The molecule has 0 aliphatic rings. The molecule has 1 amide bonds. The summed E-state index contributed by atoms with van der Waals surface area (Å²) in [5.41, 5.74) is 5.67. The lowest BCUT2D eigenvalue weighted by Gasteiger charge is -2.14. The van der Waals surface area contributed by atoms with Crippen molar-refractivity contribution < 1.29 is 4.79 Å². The van der Waals surface area contributed by atoms with Crippen molar-refractivity contribution in [1.29, 1.82) is 0 Å². The summed E-state index contributed by atoms with van der Waals surface area (Å²) < 4.78 is 0. The number of aryl methyl sites for hydroxylation is 2. The zero-order chi connectivity index (χ0) is 16.8. The first kappa shape index (κ1) is 17.1. The van der Waals surface area contributed by atoms with Crippen LogP contribution in [-0.2, 0) is 4.79 Å². The molecular weight excluding hydrogens is 284 g/mol. The summed E-state index contributed by atoms with van der Waals surface area (Å²) >= 11 is 0. The minimum absolute atomic E-state index is 0.0304. The lowest BCUT2D eigenvalue weighted by Crippen LogP contribution is -2.16. The number of anilines is 2. The molecule has 0 spiro atoms. The summed E-state index contributed by atoms with van der Waals surface area (Å²) in [6, 6.07) is 14.2. The highest BCUT2D eigenvalue weighted by atomic mass is 16.1. The predicted octanol–water partition coefficient (Wildman–Crippen LogP) is 4.87. The fourth-order valence-electron chi connectivity index (χ4n) is 2.51. The SMILES string of the molecule is Cc1ccc(NC(=O)CCNc2ccccc2C(C)C)cc1C. The number of hydrogen-bond donors (Lipinski definition) is 2. The fourth-order valence-corrected chi connectivity index (χ4v) is 2.51. The van der Waals surface area contributed by atoms with Gasteiger partial charge >= 0.3 is 0 Å². The molecular formula is C20H26N2O. The van der Waals surface area contributed by atoms with Crippen molar-refractivity contribution in [1.82, 2.24) is 0 Å². The number of carbonyl (C=O) groups is 1. The predicted molar refractivity (Wildman–Crippen MR) is 98.2 cm³/mol. The maximum absolute atomic E-state index is 12.1. The normalized spacial score (nSPS) is 10.7. The van der Waals surface area contributed by atoms with E-state index in [0.29, 0.717) is 18.9 Å². The van der Waals surface area contributed by atoms with E-state index in [1.165, 1.54) is 16.7 Å². The molecule has 3 heteroatoms. The van der Waals surface area contributed by atoms with Gasteiger partial charge in [0.15, 0.2) is 0 Å². The van der Waals surface area contributed by atoms with E-state index in [1.54, 1.807) is 0 Å². The molecule has 0 aliphatic carbocycles. The third-order valence-corrected chi connectivity index (χ3v) is 4.04. The Morgan fingerprint density at radius 3 is 2.48 bits per heavy atom. The van der Waals surface area contributed by atoms with Gasteiger partial charge in [-0.3, -0.25) is 4.79 Å². The molecule has 0 heterocycles. The zero-order valence-electron chi connectivity index (χ0n) is 14.4. The number of amides is 1. The fraction of sp³-hybridized carbons (Fsp3) is 0.350. The Bertz CT molecular complexity index is 677. The highest BCUT2D eigenvalue weighted by Crippen LogP contribution is 2.23. The van der Waals surface area contributed by atoms with E-state index in [1.807, 2.05) is 30.3 Å². The Kier molecular flexibility index (Phi) is 5.80. The maximum Gasteiger partial charge on any atom is 0.226 e. The van der Waals surface area contributed by atoms with Gasteiger partial charge in [-0.05, 0) is 54.7 Å². The second kappa shape index (κ2) is 7.82. The van der Waals surface area contributed by atoms with Gasteiger partial charge in [-0.2, -0.15) is 0 Å². The van der Waals surface area contributed by atoms with Crippen LogP contribution in [0.25, 0.3) is 0 Å². The molecule has 0 atom stereocenters. The van der Waals surface area contributed by atoms with Crippen molar-refractivity contribution in [3.8, 4) is 0 Å². The van der Waals surface area contributed by atoms with E-state index in [4.69, 9.17) is 0 Å². The molecule has 2 aromatic carbocycles. The summed E-state index contributed by atoms with van der Waals surface area (Å²) in [6.07, 6.45) is 0.444. The number of rotatable bonds is 6. The van der Waals surface area contributed by atoms with Gasteiger partial charge < -0.3 is 10.6 Å². The van der Waals surface area contributed by atoms with E-state index in [9.17, 15) is 4.79 Å². The lowest BCUT2D eigenvalue weighted by molar-refractivity contribution is -0.115. The van der Waals surface area contributed by atoms with E-state index in [0.717, 1.165) is 11.4 Å². The molecule has 0 aliphatic heterocycles. The van der Waals surface area contributed by atoms with Crippen molar-refractivity contribution >= 4 is 17.3 Å². The molecule has 0 saturated carbocycles. The molecule has 0 saturated heterocycles. The van der Waals surface area contributed by atoms with Crippen LogP contribution in [0.4, 0.5) is 11.4 Å². The van der Waals surface area contributed by atoms with Gasteiger partial charge in [0, 0.05) is 24.3 Å². The average Bonchev–Trinajstić information content (AvgIpc) is 2.51. The van der Waals surface area contributed by atoms with Crippen LogP contribution in [0.3, 0.4) is 0 Å². The van der Waals surface area contributed by atoms with Gasteiger partial charge in [-0.1, -0.05) is 38.1 Å². The molecule has 2 N–H and O–H groups in total. The van der Waals surface area contributed by atoms with Gasteiger partial charge in [-0.15, -0.1) is 0 Å². The van der Waals surface area contributed by atoms with Crippen LogP contribution in [0, 0.1) is 13.8 Å². The third-order valence-electron chi connectivity index (χ3n) is 4.04. The second-order valence-corrected chi connectivity index (χ2v) is 6.27.